The fourth-order valence-electron chi connectivity index (χ4n) is 2.37. The smallest absolute Gasteiger partial charge is 0.251 e. The third-order valence-corrected chi connectivity index (χ3v) is 3.46. The number of aliphatic hydroxyl groups is 1. The number of hydrogen-bond acceptors (Lipinski definition) is 5. The van der Waals surface area contributed by atoms with Crippen LogP contribution in [0.4, 0.5) is 5.82 Å². The van der Waals surface area contributed by atoms with Crippen LogP contribution in [0.25, 0.3) is 0 Å². The van der Waals surface area contributed by atoms with E-state index in [9.17, 15) is 9.90 Å². The van der Waals surface area contributed by atoms with Crippen molar-refractivity contribution in [2.24, 2.45) is 5.73 Å². The molecule has 3 N–H and O–H groups in total. The molecule has 1 saturated heterocycles. The van der Waals surface area contributed by atoms with Crippen LogP contribution in [0.1, 0.15) is 31.3 Å². The molecule has 0 spiro atoms. The number of amides is 1. The number of nitrogens with zero attached hydrogens (tertiary/aromatic N) is 3. The van der Waals surface area contributed by atoms with Gasteiger partial charge in [-0.1, -0.05) is 6.92 Å². The van der Waals surface area contributed by atoms with Gasteiger partial charge in [0.1, 0.15) is 11.6 Å². The summed E-state index contributed by atoms with van der Waals surface area (Å²) in [6.07, 6.45) is 1.87. The van der Waals surface area contributed by atoms with Gasteiger partial charge in [0.15, 0.2) is 5.60 Å². The van der Waals surface area contributed by atoms with Gasteiger partial charge in [-0.25, -0.2) is 9.97 Å². The van der Waals surface area contributed by atoms with Crippen LogP contribution in [-0.2, 0) is 11.2 Å². The molecule has 104 valence electrons. The van der Waals surface area contributed by atoms with Crippen LogP contribution in [0.2, 0.25) is 0 Å². The Morgan fingerprint density at radius 2 is 2.32 bits per heavy atom. The van der Waals surface area contributed by atoms with Gasteiger partial charge >= 0.3 is 0 Å². The molecule has 2 heterocycles. The van der Waals surface area contributed by atoms with Crippen molar-refractivity contribution in [3.8, 4) is 0 Å². The monoisotopic (exact) mass is 264 g/mol. The molecule has 1 aromatic heterocycles. The number of β-amino-alcohol motifs (C(OH)–C–C–N with tert-alkyl or cyclic N) is 1. The molecule has 6 nitrogen and oxygen atoms in total. The highest BCUT2D eigenvalue weighted by molar-refractivity contribution is 5.84. The lowest BCUT2D eigenvalue weighted by Gasteiger charge is -2.37. The van der Waals surface area contributed by atoms with E-state index < -0.39 is 11.5 Å². The SMILES string of the molecule is CCc1nc(C)cc(N2CCC[C@](O)(C(N)=O)C2)n1. The number of carbonyl (C=O) groups is 1. The average molecular weight is 264 g/mol. The Morgan fingerprint density at radius 3 is 2.95 bits per heavy atom. The van der Waals surface area contributed by atoms with Crippen LogP contribution in [-0.4, -0.2) is 39.7 Å². The van der Waals surface area contributed by atoms with Crippen LogP contribution in [0, 0.1) is 6.92 Å². The topological polar surface area (TPSA) is 92.3 Å². The summed E-state index contributed by atoms with van der Waals surface area (Å²) in [5.74, 6) is 0.852. The van der Waals surface area contributed by atoms with Crippen molar-refractivity contribution in [1.29, 1.82) is 0 Å². The summed E-state index contributed by atoms with van der Waals surface area (Å²) in [6.45, 7) is 4.86. The van der Waals surface area contributed by atoms with Gasteiger partial charge in [-0.2, -0.15) is 0 Å². The zero-order valence-corrected chi connectivity index (χ0v) is 11.4. The van der Waals surface area contributed by atoms with E-state index in [1.807, 2.05) is 24.8 Å². The number of aryl methyl sites for hydroxylation is 2. The summed E-state index contributed by atoms with van der Waals surface area (Å²) >= 11 is 0. The molecule has 0 saturated carbocycles. The molecule has 1 aliphatic rings. The molecule has 19 heavy (non-hydrogen) atoms. The first-order chi connectivity index (χ1) is 8.94. The standard InChI is InChI=1S/C13H20N4O2/c1-3-10-15-9(2)7-11(16-10)17-6-4-5-13(19,8-17)12(14)18/h7,19H,3-6,8H2,1-2H3,(H2,14,18)/t13-/m1/s1. The normalized spacial score (nSPS) is 23.4. The number of carbonyl (C=O) groups excluding carboxylic acids is 1. The van der Waals surface area contributed by atoms with Gasteiger partial charge in [0.25, 0.3) is 5.91 Å². The molecule has 0 radical (unpaired) electrons. The highest BCUT2D eigenvalue weighted by atomic mass is 16.3. The number of primary amides is 1. The van der Waals surface area contributed by atoms with Crippen molar-refractivity contribution in [3.05, 3.63) is 17.6 Å². The Balaban J connectivity index is 2.26. The predicted octanol–water partition coefficient (Wildman–Crippen LogP) is 0.164. The number of aromatic nitrogens is 2. The van der Waals surface area contributed by atoms with E-state index in [-0.39, 0.29) is 6.54 Å². The molecular weight excluding hydrogens is 244 g/mol. The number of nitrogens with two attached hydrogens (primary N) is 1. The molecule has 1 atom stereocenters. The summed E-state index contributed by atoms with van der Waals surface area (Å²) in [4.78, 5) is 22.0. The van der Waals surface area contributed by atoms with Gasteiger partial charge in [0.2, 0.25) is 0 Å². The van der Waals surface area contributed by atoms with Crippen molar-refractivity contribution in [2.75, 3.05) is 18.0 Å². The minimum atomic E-state index is -1.45. The van der Waals surface area contributed by atoms with Crippen LogP contribution >= 0.6 is 0 Å². The minimum absolute atomic E-state index is 0.196. The zero-order valence-electron chi connectivity index (χ0n) is 11.4. The van der Waals surface area contributed by atoms with Gasteiger partial charge in [-0.15, -0.1) is 0 Å². The van der Waals surface area contributed by atoms with Gasteiger partial charge in [-0.3, -0.25) is 4.79 Å². The fraction of sp³-hybridized carbons (Fsp3) is 0.615. The summed E-state index contributed by atoms with van der Waals surface area (Å²) in [6, 6.07) is 1.87. The maximum absolute atomic E-state index is 11.4. The minimum Gasteiger partial charge on any atom is -0.378 e. The van der Waals surface area contributed by atoms with Gasteiger partial charge in [-0.05, 0) is 19.8 Å². The maximum atomic E-state index is 11.4. The number of piperidine rings is 1. The van der Waals surface area contributed by atoms with Crippen molar-refractivity contribution in [2.45, 2.75) is 38.7 Å². The number of anilines is 1. The lowest BCUT2D eigenvalue weighted by Crippen LogP contribution is -2.56. The lowest BCUT2D eigenvalue weighted by atomic mass is 9.92. The second kappa shape index (κ2) is 5.13. The Bertz CT molecular complexity index is 492. The molecule has 0 aliphatic carbocycles. The third kappa shape index (κ3) is 2.84. The van der Waals surface area contributed by atoms with Gasteiger partial charge in [0.05, 0.1) is 6.54 Å². The maximum Gasteiger partial charge on any atom is 0.251 e. The largest absolute Gasteiger partial charge is 0.378 e. The van der Waals surface area contributed by atoms with Crippen molar-refractivity contribution >= 4 is 11.7 Å². The van der Waals surface area contributed by atoms with Crippen LogP contribution in [0.3, 0.4) is 0 Å². The molecule has 2 rings (SSSR count). The van der Waals surface area contributed by atoms with Crippen molar-refractivity contribution in [1.82, 2.24) is 9.97 Å². The highest BCUT2D eigenvalue weighted by Crippen LogP contribution is 2.25. The number of rotatable bonds is 3. The highest BCUT2D eigenvalue weighted by Gasteiger charge is 2.39. The first kappa shape index (κ1) is 13.7. The Labute approximate surface area is 112 Å². The number of hydrogen-bond donors (Lipinski definition) is 2. The first-order valence-electron chi connectivity index (χ1n) is 6.56. The summed E-state index contributed by atoms with van der Waals surface area (Å²) < 4.78 is 0. The molecule has 0 aromatic carbocycles. The van der Waals surface area contributed by atoms with E-state index in [0.29, 0.717) is 12.8 Å². The van der Waals surface area contributed by atoms with Crippen LogP contribution in [0.5, 0.6) is 0 Å². The van der Waals surface area contributed by atoms with E-state index in [2.05, 4.69) is 9.97 Å². The average Bonchev–Trinajstić information content (AvgIpc) is 2.38. The molecule has 1 aliphatic heterocycles. The molecule has 0 bridgehead atoms. The van der Waals surface area contributed by atoms with Gasteiger partial charge < -0.3 is 15.7 Å². The zero-order chi connectivity index (χ0) is 14.0. The lowest BCUT2D eigenvalue weighted by molar-refractivity contribution is -0.137. The Hall–Kier alpha value is -1.69. The fourth-order valence-corrected chi connectivity index (χ4v) is 2.37. The molecule has 0 unspecified atom stereocenters. The van der Waals surface area contributed by atoms with E-state index in [0.717, 1.165) is 30.3 Å². The van der Waals surface area contributed by atoms with E-state index in [4.69, 9.17) is 5.73 Å². The van der Waals surface area contributed by atoms with Crippen LogP contribution in [0.15, 0.2) is 6.07 Å². The first-order valence-corrected chi connectivity index (χ1v) is 6.56. The second-order valence-electron chi connectivity index (χ2n) is 5.06. The van der Waals surface area contributed by atoms with Crippen molar-refractivity contribution < 1.29 is 9.90 Å². The van der Waals surface area contributed by atoms with E-state index in [1.54, 1.807) is 0 Å². The molecule has 6 heteroatoms. The quantitative estimate of drug-likeness (QED) is 0.811. The molecular formula is C13H20N4O2. The van der Waals surface area contributed by atoms with Crippen LogP contribution < -0.4 is 10.6 Å². The van der Waals surface area contributed by atoms with E-state index >= 15 is 0 Å². The van der Waals surface area contributed by atoms with Gasteiger partial charge in [0, 0.05) is 24.7 Å². The summed E-state index contributed by atoms with van der Waals surface area (Å²) in [7, 11) is 0. The summed E-state index contributed by atoms with van der Waals surface area (Å²) in [5.41, 5.74) is 4.71. The Kier molecular flexibility index (Phi) is 3.71. The van der Waals surface area contributed by atoms with Crippen molar-refractivity contribution in [3.63, 3.8) is 0 Å². The molecule has 1 fully saturated rings. The molecule has 1 aromatic rings. The second-order valence-corrected chi connectivity index (χ2v) is 5.06. The summed E-state index contributed by atoms with van der Waals surface area (Å²) in [5, 5.41) is 10.2. The molecule has 1 amide bonds. The van der Waals surface area contributed by atoms with E-state index in [1.165, 1.54) is 0 Å². The Morgan fingerprint density at radius 1 is 1.58 bits per heavy atom. The predicted molar refractivity (Wildman–Crippen MR) is 71.7 cm³/mol. The third-order valence-electron chi connectivity index (χ3n) is 3.46.